The summed E-state index contributed by atoms with van der Waals surface area (Å²) in [4.78, 5) is 12.1. The SMILES string of the molecule is CC(C)(C)c1ccc(C(=O)[C@@H]2CCCN2)cc1. The minimum atomic E-state index is 0.0375. The standard InChI is InChI=1S/C15H21NO/c1-15(2,3)12-8-6-11(7-9-12)14(17)13-5-4-10-16-13/h6-9,13,16H,4-5,10H2,1-3H3/t13-/m0/s1. The summed E-state index contributed by atoms with van der Waals surface area (Å²) in [5, 5.41) is 3.25. The molecule has 1 saturated heterocycles. The number of ketones is 1. The molecule has 1 aliphatic rings. The molecule has 1 aliphatic heterocycles. The fraction of sp³-hybridized carbons (Fsp3) is 0.533. The molecular weight excluding hydrogens is 210 g/mol. The maximum absolute atomic E-state index is 12.1. The van der Waals surface area contributed by atoms with Crippen LogP contribution in [0.1, 0.15) is 49.5 Å². The summed E-state index contributed by atoms with van der Waals surface area (Å²) >= 11 is 0. The Labute approximate surface area is 103 Å². The van der Waals surface area contributed by atoms with Gasteiger partial charge in [-0.3, -0.25) is 4.79 Å². The van der Waals surface area contributed by atoms with Crippen LogP contribution in [0.4, 0.5) is 0 Å². The highest BCUT2D eigenvalue weighted by Crippen LogP contribution is 2.23. The van der Waals surface area contributed by atoms with Gasteiger partial charge in [-0.1, -0.05) is 45.0 Å². The van der Waals surface area contributed by atoms with Crippen molar-refractivity contribution >= 4 is 5.78 Å². The summed E-state index contributed by atoms with van der Waals surface area (Å²) in [5.74, 6) is 0.239. The van der Waals surface area contributed by atoms with Gasteiger partial charge in [0.05, 0.1) is 6.04 Å². The van der Waals surface area contributed by atoms with Crippen molar-refractivity contribution in [3.63, 3.8) is 0 Å². The van der Waals surface area contributed by atoms with Crippen molar-refractivity contribution in [2.24, 2.45) is 0 Å². The Morgan fingerprint density at radius 1 is 1.24 bits per heavy atom. The normalized spacial score (nSPS) is 20.5. The van der Waals surface area contributed by atoms with Gasteiger partial charge in [0, 0.05) is 5.56 Å². The predicted molar refractivity (Wildman–Crippen MR) is 70.5 cm³/mol. The van der Waals surface area contributed by atoms with Gasteiger partial charge in [0.15, 0.2) is 5.78 Å². The van der Waals surface area contributed by atoms with E-state index in [2.05, 4.69) is 38.2 Å². The van der Waals surface area contributed by atoms with Gasteiger partial charge in [0.25, 0.3) is 0 Å². The second kappa shape index (κ2) is 4.61. The van der Waals surface area contributed by atoms with Gasteiger partial charge < -0.3 is 5.32 Å². The molecule has 1 N–H and O–H groups in total. The second-order valence-electron chi connectivity index (χ2n) is 5.84. The zero-order valence-corrected chi connectivity index (χ0v) is 10.9. The second-order valence-corrected chi connectivity index (χ2v) is 5.84. The third-order valence-electron chi connectivity index (χ3n) is 3.41. The number of carbonyl (C=O) groups is 1. The van der Waals surface area contributed by atoms with Crippen LogP contribution in [0.15, 0.2) is 24.3 Å². The summed E-state index contributed by atoms with van der Waals surface area (Å²) in [6, 6.07) is 8.10. The number of benzene rings is 1. The van der Waals surface area contributed by atoms with Gasteiger partial charge in [-0.25, -0.2) is 0 Å². The van der Waals surface area contributed by atoms with E-state index in [1.54, 1.807) is 0 Å². The molecule has 0 bridgehead atoms. The van der Waals surface area contributed by atoms with E-state index in [0.29, 0.717) is 0 Å². The maximum atomic E-state index is 12.1. The van der Waals surface area contributed by atoms with Crippen LogP contribution in [0.25, 0.3) is 0 Å². The van der Waals surface area contributed by atoms with Gasteiger partial charge in [0.1, 0.15) is 0 Å². The Hall–Kier alpha value is -1.15. The van der Waals surface area contributed by atoms with Crippen LogP contribution in [0.3, 0.4) is 0 Å². The fourth-order valence-electron chi connectivity index (χ4n) is 2.24. The monoisotopic (exact) mass is 231 g/mol. The molecule has 0 radical (unpaired) electrons. The van der Waals surface area contributed by atoms with Crippen molar-refractivity contribution in [3.8, 4) is 0 Å². The topological polar surface area (TPSA) is 29.1 Å². The smallest absolute Gasteiger partial charge is 0.179 e. The van der Waals surface area contributed by atoms with Crippen molar-refractivity contribution in [2.45, 2.75) is 45.1 Å². The fourth-order valence-corrected chi connectivity index (χ4v) is 2.24. The van der Waals surface area contributed by atoms with Crippen LogP contribution < -0.4 is 5.32 Å². The molecule has 0 aliphatic carbocycles. The molecule has 2 rings (SSSR count). The zero-order chi connectivity index (χ0) is 12.5. The Kier molecular flexibility index (Phi) is 3.34. The highest BCUT2D eigenvalue weighted by molar-refractivity contribution is 6.00. The molecule has 2 nitrogen and oxygen atoms in total. The van der Waals surface area contributed by atoms with Gasteiger partial charge >= 0.3 is 0 Å². The quantitative estimate of drug-likeness (QED) is 0.793. The first-order valence-corrected chi connectivity index (χ1v) is 6.36. The van der Waals surface area contributed by atoms with E-state index >= 15 is 0 Å². The van der Waals surface area contributed by atoms with E-state index < -0.39 is 0 Å². The molecule has 0 spiro atoms. The average molecular weight is 231 g/mol. The van der Waals surface area contributed by atoms with E-state index in [1.807, 2.05) is 12.1 Å². The Morgan fingerprint density at radius 3 is 2.35 bits per heavy atom. The number of Topliss-reactive ketones (excluding diaryl/α,β-unsaturated/α-hetero) is 1. The highest BCUT2D eigenvalue weighted by atomic mass is 16.1. The Bertz CT molecular complexity index is 394. The number of hydrogen-bond donors (Lipinski definition) is 1. The third kappa shape index (κ3) is 2.75. The van der Waals surface area contributed by atoms with Crippen LogP contribution >= 0.6 is 0 Å². The molecule has 0 aromatic heterocycles. The molecule has 2 heteroatoms. The lowest BCUT2D eigenvalue weighted by Gasteiger charge is -2.19. The molecule has 1 aromatic carbocycles. The molecule has 1 aromatic rings. The molecule has 1 heterocycles. The van der Waals surface area contributed by atoms with Crippen molar-refractivity contribution < 1.29 is 4.79 Å². The Balaban J connectivity index is 2.15. The summed E-state index contributed by atoms with van der Waals surface area (Å²) in [6.45, 7) is 7.52. The summed E-state index contributed by atoms with van der Waals surface area (Å²) in [7, 11) is 0. The van der Waals surface area contributed by atoms with Crippen molar-refractivity contribution in [1.82, 2.24) is 5.32 Å². The number of carbonyl (C=O) groups excluding carboxylic acids is 1. The van der Waals surface area contributed by atoms with Gasteiger partial charge in [0.2, 0.25) is 0 Å². The summed E-state index contributed by atoms with van der Waals surface area (Å²) in [6.07, 6.45) is 2.08. The van der Waals surface area contributed by atoms with Gasteiger partial charge in [-0.15, -0.1) is 0 Å². The first kappa shape index (κ1) is 12.3. The van der Waals surface area contributed by atoms with Crippen LogP contribution in [-0.2, 0) is 5.41 Å². The van der Waals surface area contributed by atoms with Crippen LogP contribution in [-0.4, -0.2) is 18.4 Å². The van der Waals surface area contributed by atoms with Crippen LogP contribution in [0.5, 0.6) is 0 Å². The highest BCUT2D eigenvalue weighted by Gasteiger charge is 2.23. The molecule has 17 heavy (non-hydrogen) atoms. The maximum Gasteiger partial charge on any atom is 0.179 e. The lowest BCUT2D eigenvalue weighted by Crippen LogP contribution is -2.30. The lowest BCUT2D eigenvalue weighted by molar-refractivity contribution is 0.0952. The van der Waals surface area contributed by atoms with Crippen molar-refractivity contribution in [1.29, 1.82) is 0 Å². The van der Waals surface area contributed by atoms with Crippen molar-refractivity contribution in [3.05, 3.63) is 35.4 Å². The van der Waals surface area contributed by atoms with E-state index in [-0.39, 0.29) is 17.2 Å². The number of rotatable bonds is 2. The average Bonchev–Trinajstić information content (AvgIpc) is 2.80. The van der Waals surface area contributed by atoms with E-state index in [4.69, 9.17) is 0 Å². The first-order chi connectivity index (χ1) is 7.98. The predicted octanol–water partition coefficient (Wildman–Crippen LogP) is 2.92. The molecule has 1 atom stereocenters. The summed E-state index contributed by atoms with van der Waals surface area (Å²) in [5.41, 5.74) is 2.25. The lowest BCUT2D eigenvalue weighted by atomic mass is 9.86. The number of hydrogen-bond acceptors (Lipinski definition) is 2. The van der Waals surface area contributed by atoms with E-state index in [0.717, 1.165) is 24.9 Å². The van der Waals surface area contributed by atoms with Crippen LogP contribution in [0.2, 0.25) is 0 Å². The largest absolute Gasteiger partial charge is 0.307 e. The van der Waals surface area contributed by atoms with E-state index in [1.165, 1.54) is 5.56 Å². The molecule has 1 fully saturated rings. The number of nitrogens with one attached hydrogen (secondary N) is 1. The summed E-state index contributed by atoms with van der Waals surface area (Å²) < 4.78 is 0. The van der Waals surface area contributed by atoms with Crippen molar-refractivity contribution in [2.75, 3.05) is 6.54 Å². The molecule has 0 amide bonds. The molecule has 0 unspecified atom stereocenters. The third-order valence-corrected chi connectivity index (χ3v) is 3.41. The molecule has 92 valence electrons. The molecular formula is C15H21NO. The van der Waals surface area contributed by atoms with E-state index in [9.17, 15) is 4.79 Å². The minimum Gasteiger partial charge on any atom is -0.307 e. The van der Waals surface area contributed by atoms with Gasteiger partial charge in [-0.2, -0.15) is 0 Å². The Morgan fingerprint density at radius 2 is 1.88 bits per heavy atom. The van der Waals surface area contributed by atoms with Crippen LogP contribution in [0, 0.1) is 0 Å². The zero-order valence-electron chi connectivity index (χ0n) is 10.9. The first-order valence-electron chi connectivity index (χ1n) is 6.36. The minimum absolute atomic E-state index is 0.0375. The molecule has 0 saturated carbocycles. The van der Waals surface area contributed by atoms with Gasteiger partial charge in [-0.05, 0) is 30.4 Å².